The second-order valence-corrected chi connectivity index (χ2v) is 14.3. The summed E-state index contributed by atoms with van der Waals surface area (Å²) in [4.78, 5) is 30.7. The summed E-state index contributed by atoms with van der Waals surface area (Å²) in [5.41, 5.74) is 2.31. The van der Waals surface area contributed by atoms with E-state index in [1.54, 1.807) is 55.1 Å². The van der Waals surface area contributed by atoms with Crippen LogP contribution in [0.15, 0.2) is 77.7 Å². The van der Waals surface area contributed by atoms with Gasteiger partial charge in [0.1, 0.15) is 23.3 Å². The second-order valence-electron chi connectivity index (χ2n) is 12.4. The van der Waals surface area contributed by atoms with Gasteiger partial charge in [-0.1, -0.05) is 55.2 Å². The number of para-hydroxylation sites is 1. The van der Waals surface area contributed by atoms with Crippen molar-refractivity contribution in [1.29, 1.82) is 0 Å². The predicted octanol–water partition coefficient (Wildman–Crippen LogP) is 5.40. The zero-order chi connectivity index (χ0) is 33.0. The third-order valence-corrected chi connectivity index (χ3v) is 11.2. The van der Waals surface area contributed by atoms with E-state index in [2.05, 4.69) is 15.6 Å². The van der Waals surface area contributed by atoms with Crippen LogP contribution in [-0.2, 0) is 19.6 Å². The molecule has 1 aliphatic carbocycles. The van der Waals surface area contributed by atoms with Crippen molar-refractivity contribution >= 4 is 38.6 Å². The molecular weight excluding hydrogens is 616 g/mol. The van der Waals surface area contributed by atoms with Crippen LogP contribution in [0.3, 0.4) is 0 Å². The van der Waals surface area contributed by atoms with Gasteiger partial charge in [0.2, 0.25) is 15.9 Å². The molecule has 4 aromatic rings. The molecule has 0 spiro atoms. The van der Waals surface area contributed by atoms with Gasteiger partial charge >= 0.3 is 0 Å². The van der Waals surface area contributed by atoms with Crippen LogP contribution in [0.4, 0.5) is 5.69 Å². The maximum atomic E-state index is 14.8. The summed E-state index contributed by atoms with van der Waals surface area (Å²) in [7, 11) is -2.13. The molecule has 2 heterocycles. The molecule has 2 amide bonds. The molecule has 0 bridgehead atoms. The lowest BCUT2D eigenvalue weighted by molar-refractivity contribution is -0.128. The Kier molecular flexibility index (Phi) is 9.88. The Balaban J connectivity index is 1.43. The van der Waals surface area contributed by atoms with E-state index in [1.807, 2.05) is 24.3 Å². The third kappa shape index (κ3) is 6.89. The van der Waals surface area contributed by atoms with Gasteiger partial charge in [-0.05, 0) is 86.7 Å². The lowest BCUT2D eigenvalue weighted by Crippen LogP contribution is -2.49. The highest BCUT2D eigenvalue weighted by atomic mass is 32.2. The third-order valence-electron chi connectivity index (χ3n) is 9.30. The fraction of sp³-hybridized carbons (Fsp3) is 0.429. The monoisotopic (exact) mass is 658 g/mol. The minimum atomic E-state index is -3.70. The first-order chi connectivity index (χ1) is 22.8. The second kappa shape index (κ2) is 14.2. The SMILES string of the molecule is COc1ccc(C(C(=O)NC2CCCCC2)N(C(=O)C(C)n2nnc3ccccc32)c2ccc(S(=O)(=O)N3CCCCC3)cc2)cc1. The Morgan fingerprint density at radius 1 is 0.894 bits per heavy atom. The molecule has 2 aliphatic rings. The van der Waals surface area contributed by atoms with Gasteiger partial charge in [-0.3, -0.25) is 14.5 Å². The van der Waals surface area contributed by atoms with Crippen LogP contribution in [0.25, 0.3) is 11.0 Å². The number of piperidine rings is 1. The highest BCUT2D eigenvalue weighted by molar-refractivity contribution is 7.89. The van der Waals surface area contributed by atoms with E-state index in [0.717, 1.165) is 51.4 Å². The Morgan fingerprint density at radius 2 is 1.55 bits per heavy atom. The van der Waals surface area contributed by atoms with E-state index in [9.17, 15) is 18.0 Å². The van der Waals surface area contributed by atoms with Crippen molar-refractivity contribution in [2.45, 2.75) is 81.3 Å². The molecule has 47 heavy (non-hydrogen) atoms. The molecule has 2 atom stereocenters. The summed E-state index contributed by atoms with van der Waals surface area (Å²) in [5, 5.41) is 11.8. The van der Waals surface area contributed by atoms with Crippen LogP contribution in [-0.4, -0.2) is 65.8 Å². The first kappa shape index (κ1) is 32.6. The number of benzene rings is 3. The normalized spacial score (nSPS) is 17.6. The van der Waals surface area contributed by atoms with Gasteiger partial charge in [-0.2, -0.15) is 4.31 Å². The van der Waals surface area contributed by atoms with Gasteiger partial charge in [0.25, 0.3) is 5.91 Å². The van der Waals surface area contributed by atoms with E-state index in [4.69, 9.17) is 4.74 Å². The van der Waals surface area contributed by atoms with Gasteiger partial charge in [-0.15, -0.1) is 5.10 Å². The average molecular weight is 659 g/mol. The fourth-order valence-corrected chi connectivity index (χ4v) is 8.16. The Hall–Kier alpha value is -4.29. The van der Waals surface area contributed by atoms with Crippen LogP contribution in [0.5, 0.6) is 5.75 Å². The highest BCUT2D eigenvalue weighted by Gasteiger charge is 2.37. The van der Waals surface area contributed by atoms with Gasteiger partial charge in [0.15, 0.2) is 0 Å². The van der Waals surface area contributed by atoms with Crippen LogP contribution < -0.4 is 15.0 Å². The molecule has 6 rings (SSSR count). The molecule has 3 aromatic carbocycles. The Bertz CT molecular complexity index is 1800. The van der Waals surface area contributed by atoms with Crippen molar-refractivity contribution in [3.8, 4) is 5.75 Å². The number of sulfonamides is 1. The molecule has 1 saturated heterocycles. The molecule has 0 radical (unpaired) electrons. The van der Waals surface area contributed by atoms with Crippen LogP contribution in [0.2, 0.25) is 0 Å². The first-order valence-corrected chi connectivity index (χ1v) is 17.9. The lowest BCUT2D eigenvalue weighted by Gasteiger charge is -2.35. The van der Waals surface area contributed by atoms with Gasteiger partial charge in [-0.25, -0.2) is 13.1 Å². The van der Waals surface area contributed by atoms with Crippen molar-refractivity contribution in [3.05, 3.63) is 78.4 Å². The van der Waals surface area contributed by atoms with Crippen LogP contribution in [0.1, 0.15) is 75.9 Å². The first-order valence-electron chi connectivity index (χ1n) is 16.5. The van der Waals surface area contributed by atoms with Crippen molar-refractivity contribution in [1.82, 2.24) is 24.6 Å². The van der Waals surface area contributed by atoms with E-state index >= 15 is 0 Å². The van der Waals surface area contributed by atoms with Gasteiger partial charge < -0.3 is 10.1 Å². The van der Waals surface area contributed by atoms with E-state index < -0.39 is 28.0 Å². The fourth-order valence-electron chi connectivity index (χ4n) is 6.65. The van der Waals surface area contributed by atoms with Crippen LogP contribution in [0, 0.1) is 0 Å². The number of hydrogen-bond acceptors (Lipinski definition) is 7. The number of fused-ring (bicyclic) bond motifs is 1. The molecule has 248 valence electrons. The van der Waals surface area contributed by atoms with Crippen molar-refractivity contribution in [2.24, 2.45) is 0 Å². The summed E-state index contributed by atoms with van der Waals surface area (Å²) in [6.07, 6.45) is 7.61. The topological polar surface area (TPSA) is 127 Å². The molecule has 2 unspecified atom stereocenters. The minimum Gasteiger partial charge on any atom is -0.497 e. The molecule has 11 nitrogen and oxygen atoms in total. The summed E-state index contributed by atoms with van der Waals surface area (Å²) < 4.78 is 35.4. The molecule has 1 N–H and O–H groups in total. The Labute approximate surface area is 275 Å². The smallest absolute Gasteiger partial charge is 0.252 e. The number of nitrogens with one attached hydrogen (secondary N) is 1. The maximum Gasteiger partial charge on any atom is 0.252 e. The standard InChI is InChI=1S/C35H42N6O5S/c1-25(41-32-14-8-7-13-31(32)37-38-41)35(43)40(28-17-21-30(22-18-28)47(44,45)39-23-9-4-10-24-39)33(26-15-19-29(46-2)20-16-26)34(42)36-27-11-5-3-6-12-27/h7-8,13-22,25,27,33H,3-6,9-12,23-24H2,1-2H3,(H,36,42). The van der Waals surface area contributed by atoms with E-state index in [-0.39, 0.29) is 16.8 Å². The average Bonchev–Trinajstić information content (AvgIpc) is 3.55. The van der Waals surface area contributed by atoms with Gasteiger partial charge in [0.05, 0.1) is 17.5 Å². The molecular formula is C35H42N6O5S. The van der Waals surface area contributed by atoms with E-state index in [0.29, 0.717) is 41.1 Å². The lowest BCUT2D eigenvalue weighted by atomic mass is 9.94. The minimum absolute atomic E-state index is 0.00250. The molecule has 1 aliphatic heterocycles. The number of amides is 2. The summed E-state index contributed by atoms with van der Waals surface area (Å²) >= 11 is 0. The number of hydrogen-bond donors (Lipinski definition) is 1. The number of nitrogens with zero attached hydrogens (tertiary/aromatic N) is 5. The number of methoxy groups -OCH3 is 1. The molecule has 1 aromatic heterocycles. The zero-order valence-corrected chi connectivity index (χ0v) is 27.7. The Morgan fingerprint density at radius 3 is 2.23 bits per heavy atom. The number of aromatic nitrogens is 3. The number of anilines is 1. The van der Waals surface area contributed by atoms with E-state index in [1.165, 1.54) is 21.3 Å². The maximum absolute atomic E-state index is 14.8. The van der Waals surface area contributed by atoms with Crippen LogP contribution >= 0.6 is 0 Å². The van der Waals surface area contributed by atoms with Crippen molar-refractivity contribution in [3.63, 3.8) is 0 Å². The summed E-state index contributed by atoms with van der Waals surface area (Å²) in [5.74, 6) is -0.0872. The van der Waals surface area contributed by atoms with Crippen molar-refractivity contribution in [2.75, 3.05) is 25.1 Å². The number of carbonyl (C=O) groups is 2. The predicted molar refractivity (Wildman–Crippen MR) is 180 cm³/mol. The number of rotatable bonds is 10. The number of carbonyl (C=O) groups excluding carboxylic acids is 2. The largest absolute Gasteiger partial charge is 0.497 e. The quantitative estimate of drug-likeness (QED) is 0.242. The number of ether oxygens (including phenoxy) is 1. The molecule has 1 saturated carbocycles. The van der Waals surface area contributed by atoms with Crippen molar-refractivity contribution < 1.29 is 22.7 Å². The summed E-state index contributed by atoms with van der Waals surface area (Å²) in [6, 6.07) is 18.9. The molecule has 12 heteroatoms. The summed E-state index contributed by atoms with van der Waals surface area (Å²) in [6.45, 7) is 2.70. The molecule has 2 fully saturated rings. The van der Waals surface area contributed by atoms with Gasteiger partial charge in [0, 0.05) is 24.8 Å². The highest BCUT2D eigenvalue weighted by Crippen LogP contribution is 2.34. The zero-order valence-electron chi connectivity index (χ0n) is 26.9.